The van der Waals surface area contributed by atoms with E-state index in [1.807, 2.05) is 0 Å². The molecule has 1 atom stereocenters. The number of carboxylic acids is 1. The lowest BCUT2D eigenvalue weighted by atomic mass is 10.1. The van der Waals surface area contributed by atoms with Gasteiger partial charge in [-0.25, -0.2) is 0 Å². The normalized spacial score (nSPS) is 18.6. The van der Waals surface area contributed by atoms with Crippen molar-refractivity contribution in [2.45, 2.75) is 25.8 Å². The average molecular weight is 258 g/mol. The van der Waals surface area contributed by atoms with Gasteiger partial charge in [0.25, 0.3) is 0 Å². The molecular formula is C12H22N2O4. The molecule has 1 aliphatic rings. The number of carbonyl (C=O) groups is 2. The van der Waals surface area contributed by atoms with Crippen LogP contribution < -0.4 is 5.32 Å². The number of hydrogen-bond acceptors (Lipinski definition) is 4. The molecule has 0 radical (unpaired) electrons. The summed E-state index contributed by atoms with van der Waals surface area (Å²) in [6, 6.07) is 0.191. The molecule has 1 heterocycles. The molecule has 1 amide bonds. The van der Waals surface area contributed by atoms with Crippen molar-refractivity contribution in [1.82, 2.24) is 10.2 Å². The minimum absolute atomic E-state index is 0.0537. The SMILES string of the molecule is CC(CN(C)CC(=O)NC1CCOCC1)C(=O)O. The standard InChI is InChI=1S/C12H22N2O4/c1-9(12(16)17)7-14(2)8-11(15)13-10-3-5-18-6-4-10/h9-10H,3-8H2,1-2H3,(H,13,15)(H,16,17). The molecule has 6 nitrogen and oxygen atoms in total. The Balaban J connectivity index is 2.24. The Bertz CT molecular complexity index is 290. The first kappa shape index (κ1) is 14.9. The smallest absolute Gasteiger partial charge is 0.307 e. The van der Waals surface area contributed by atoms with E-state index in [1.54, 1.807) is 18.9 Å². The van der Waals surface area contributed by atoms with Crippen LogP contribution in [0.2, 0.25) is 0 Å². The maximum absolute atomic E-state index is 11.7. The summed E-state index contributed by atoms with van der Waals surface area (Å²) in [7, 11) is 1.75. The second-order valence-electron chi connectivity index (χ2n) is 4.89. The molecule has 1 rings (SSSR count). The Hall–Kier alpha value is -1.14. The molecule has 0 aromatic carbocycles. The van der Waals surface area contributed by atoms with Gasteiger partial charge < -0.3 is 15.2 Å². The summed E-state index contributed by atoms with van der Waals surface area (Å²) in [4.78, 5) is 24.2. The predicted octanol–water partition coefficient (Wildman–Crippen LogP) is -0.0659. The zero-order valence-corrected chi connectivity index (χ0v) is 11.0. The number of rotatable bonds is 6. The number of hydrogen-bond donors (Lipinski definition) is 2. The number of amides is 1. The van der Waals surface area contributed by atoms with Crippen LogP contribution >= 0.6 is 0 Å². The van der Waals surface area contributed by atoms with Crippen LogP contribution in [0.5, 0.6) is 0 Å². The third-order valence-corrected chi connectivity index (χ3v) is 3.01. The molecule has 0 aliphatic carbocycles. The van der Waals surface area contributed by atoms with E-state index in [2.05, 4.69) is 5.32 Å². The fourth-order valence-corrected chi connectivity index (χ4v) is 1.97. The maximum Gasteiger partial charge on any atom is 0.307 e. The van der Waals surface area contributed by atoms with E-state index in [9.17, 15) is 9.59 Å². The summed E-state index contributed by atoms with van der Waals surface area (Å²) in [6.45, 7) is 3.62. The third-order valence-electron chi connectivity index (χ3n) is 3.01. The van der Waals surface area contributed by atoms with Gasteiger partial charge in [-0.15, -0.1) is 0 Å². The second-order valence-corrected chi connectivity index (χ2v) is 4.89. The molecule has 104 valence electrons. The van der Waals surface area contributed by atoms with E-state index in [0.29, 0.717) is 19.8 Å². The lowest BCUT2D eigenvalue weighted by molar-refractivity contribution is -0.142. The van der Waals surface area contributed by atoms with Gasteiger partial charge in [0.1, 0.15) is 0 Å². The topological polar surface area (TPSA) is 78.9 Å². The minimum atomic E-state index is -0.841. The van der Waals surface area contributed by atoms with Crippen LogP contribution in [0.15, 0.2) is 0 Å². The van der Waals surface area contributed by atoms with Crippen molar-refractivity contribution in [3.05, 3.63) is 0 Å². The highest BCUT2D eigenvalue weighted by Crippen LogP contribution is 2.06. The molecule has 1 unspecified atom stereocenters. The maximum atomic E-state index is 11.7. The van der Waals surface area contributed by atoms with Gasteiger partial charge in [-0.3, -0.25) is 14.5 Å². The summed E-state index contributed by atoms with van der Waals surface area (Å²) in [5, 5.41) is 11.7. The van der Waals surface area contributed by atoms with Gasteiger partial charge in [-0.1, -0.05) is 6.92 Å². The van der Waals surface area contributed by atoms with Crippen molar-refractivity contribution < 1.29 is 19.4 Å². The van der Waals surface area contributed by atoms with Crippen LogP contribution in [0.25, 0.3) is 0 Å². The van der Waals surface area contributed by atoms with Gasteiger partial charge in [-0.2, -0.15) is 0 Å². The van der Waals surface area contributed by atoms with Crippen LogP contribution in [-0.2, 0) is 14.3 Å². The molecule has 1 fully saturated rings. The number of nitrogens with zero attached hydrogens (tertiary/aromatic N) is 1. The van der Waals surface area contributed by atoms with Gasteiger partial charge in [0.15, 0.2) is 0 Å². The van der Waals surface area contributed by atoms with Crippen LogP contribution in [0.3, 0.4) is 0 Å². The number of carboxylic acid groups (broad SMARTS) is 1. The van der Waals surface area contributed by atoms with Crippen molar-refractivity contribution in [2.75, 3.05) is 33.4 Å². The van der Waals surface area contributed by atoms with Crippen molar-refractivity contribution in [2.24, 2.45) is 5.92 Å². The van der Waals surface area contributed by atoms with Gasteiger partial charge in [0.2, 0.25) is 5.91 Å². The predicted molar refractivity (Wildman–Crippen MR) is 66.3 cm³/mol. The molecule has 0 bridgehead atoms. The van der Waals surface area contributed by atoms with Crippen molar-refractivity contribution >= 4 is 11.9 Å². The number of likely N-dealkylation sites (N-methyl/N-ethyl adjacent to an activating group) is 1. The van der Waals surface area contributed by atoms with Gasteiger partial charge in [0, 0.05) is 25.8 Å². The highest BCUT2D eigenvalue weighted by molar-refractivity contribution is 5.78. The third kappa shape index (κ3) is 5.46. The molecule has 0 saturated carbocycles. The van der Waals surface area contributed by atoms with Crippen LogP contribution in [0.1, 0.15) is 19.8 Å². The lowest BCUT2D eigenvalue weighted by Gasteiger charge is -2.25. The van der Waals surface area contributed by atoms with E-state index < -0.39 is 11.9 Å². The van der Waals surface area contributed by atoms with Gasteiger partial charge in [-0.05, 0) is 19.9 Å². The van der Waals surface area contributed by atoms with Crippen molar-refractivity contribution in [3.63, 3.8) is 0 Å². The number of nitrogens with one attached hydrogen (secondary N) is 1. The average Bonchev–Trinajstić information content (AvgIpc) is 2.29. The molecule has 0 aromatic heterocycles. The molecule has 1 saturated heterocycles. The Morgan fingerprint density at radius 1 is 1.44 bits per heavy atom. The fourth-order valence-electron chi connectivity index (χ4n) is 1.97. The van der Waals surface area contributed by atoms with Gasteiger partial charge >= 0.3 is 5.97 Å². The summed E-state index contributed by atoms with van der Waals surface area (Å²) in [6.07, 6.45) is 1.70. The first-order valence-corrected chi connectivity index (χ1v) is 6.27. The van der Waals surface area contributed by atoms with Crippen LogP contribution in [0.4, 0.5) is 0 Å². The van der Waals surface area contributed by atoms with E-state index in [1.165, 1.54) is 0 Å². The minimum Gasteiger partial charge on any atom is -0.481 e. The monoisotopic (exact) mass is 258 g/mol. The Kier molecular flexibility index (Phi) is 6.07. The highest BCUT2D eigenvalue weighted by Gasteiger charge is 2.18. The molecule has 18 heavy (non-hydrogen) atoms. The Morgan fingerprint density at radius 2 is 2.06 bits per heavy atom. The number of ether oxygens (including phenoxy) is 1. The van der Waals surface area contributed by atoms with Crippen molar-refractivity contribution in [1.29, 1.82) is 0 Å². The summed E-state index contributed by atoms with van der Waals surface area (Å²) >= 11 is 0. The van der Waals surface area contributed by atoms with Crippen LogP contribution in [0, 0.1) is 5.92 Å². The fraction of sp³-hybridized carbons (Fsp3) is 0.833. The van der Waals surface area contributed by atoms with E-state index in [0.717, 1.165) is 12.8 Å². The molecule has 2 N–H and O–H groups in total. The Labute approximate surface area is 107 Å². The van der Waals surface area contributed by atoms with Crippen molar-refractivity contribution in [3.8, 4) is 0 Å². The van der Waals surface area contributed by atoms with Crippen LogP contribution in [-0.4, -0.2) is 61.3 Å². The lowest BCUT2D eigenvalue weighted by Crippen LogP contribution is -2.44. The van der Waals surface area contributed by atoms with Gasteiger partial charge in [0.05, 0.1) is 12.5 Å². The first-order chi connectivity index (χ1) is 8.49. The summed E-state index contributed by atoms with van der Waals surface area (Å²) in [5.41, 5.74) is 0. The van der Waals surface area contributed by atoms with E-state index >= 15 is 0 Å². The zero-order chi connectivity index (χ0) is 13.5. The highest BCUT2D eigenvalue weighted by atomic mass is 16.5. The molecule has 0 aromatic rings. The molecule has 6 heteroatoms. The van der Waals surface area contributed by atoms with E-state index in [-0.39, 0.29) is 18.5 Å². The molecular weight excluding hydrogens is 236 g/mol. The quantitative estimate of drug-likeness (QED) is 0.697. The number of carbonyl (C=O) groups excluding carboxylic acids is 1. The summed E-state index contributed by atoms with van der Waals surface area (Å²) < 4.78 is 5.21. The second kappa shape index (κ2) is 7.33. The largest absolute Gasteiger partial charge is 0.481 e. The molecule has 0 spiro atoms. The number of aliphatic carboxylic acids is 1. The van der Waals surface area contributed by atoms with E-state index in [4.69, 9.17) is 9.84 Å². The summed E-state index contributed by atoms with van der Waals surface area (Å²) in [5.74, 6) is -1.36. The first-order valence-electron chi connectivity index (χ1n) is 6.27. The Morgan fingerprint density at radius 3 is 2.61 bits per heavy atom. The zero-order valence-electron chi connectivity index (χ0n) is 11.0. The molecule has 1 aliphatic heterocycles.